The Bertz CT molecular complexity index is 547. The molecule has 138 valence electrons. The van der Waals surface area contributed by atoms with Crippen LogP contribution < -0.4 is 0 Å². The van der Waals surface area contributed by atoms with Crippen molar-refractivity contribution in [1.82, 2.24) is 0 Å². The molecule has 0 saturated heterocycles. The third kappa shape index (κ3) is 11.3. The molecule has 1 rings (SSSR count). The summed E-state index contributed by atoms with van der Waals surface area (Å²) >= 11 is 0. The molecule has 0 bridgehead atoms. The molecule has 0 aromatic heterocycles. The van der Waals surface area contributed by atoms with E-state index >= 15 is 0 Å². The Labute approximate surface area is 144 Å². The van der Waals surface area contributed by atoms with Gasteiger partial charge in [0.2, 0.25) is 0 Å². The lowest BCUT2D eigenvalue weighted by Crippen LogP contribution is -2.11. The van der Waals surface area contributed by atoms with Crippen LogP contribution in [0, 0.1) is 6.92 Å². The van der Waals surface area contributed by atoms with Crippen LogP contribution in [0.15, 0.2) is 41.3 Å². The van der Waals surface area contributed by atoms with Crippen molar-refractivity contribution in [3.8, 4) is 0 Å². The van der Waals surface area contributed by atoms with Crippen LogP contribution in [-0.4, -0.2) is 45.2 Å². The minimum Gasteiger partial charge on any atom is -0.396 e. The maximum atomic E-state index is 10.5. The maximum absolute atomic E-state index is 10.5. The van der Waals surface area contributed by atoms with Crippen LogP contribution in [0.3, 0.4) is 0 Å². The second kappa shape index (κ2) is 13.1. The lowest BCUT2D eigenvalue weighted by atomic mass is 10.2. The quantitative estimate of drug-likeness (QED) is 0.304. The molecule has 0 fully saturated rings. The zero-order valence-corrected chi connectivity index (χ0v) is 15.3. The largest absolute Gasteiger partial charge is 0.396 e. The zero-order chi connectivity index (χ0) is 18.4. The summed E-state index contributed by atoms with van der Waals surface area (Å²) in [6, 6.07) is 5.99. The van der Waals surface area contributed by atoms with E-state index < -0.39 is 10.1 Å². The number of methoxy groups -OCH3 is 2. The highest BCUT2D eigenvalue weighted by atomic mass is 32.2. The van der Waals surface area contributed by atoms with Gasteiger partial charge in [-0.1, -0.05) is 29.8 Å². The van der Waals surface area contributed by atoms with Gasteiger partial charge in [-0.3, -0.25) is 4.55 Å². The predicted octanol–water partition coefficient (Wildman–Crippen LogP) is 2.96. The zero-order valence-electron chi connectivity index (χ0n) is 14.5. The summed E-state index contributed by atoms with van der Waals surface area (Å²) in [5.74, 6) is 0. The molecule has 6 nitrogen and oxygen atoms in total. The van der Waals surface area contributed by atoms with Crippen molar-refractivity contribution >= 4 is 10.1 Å². The average Bonchev–Trinajstić information content (AvgIpc) is 2.54. The summed E-state index contributed by atoms with van der Waals surface area (Å²) in [6.07, 6.45) is 7.71. The number of aliphatic hydroxyl groups is 1. The van der Waals surface area contributed by atoms with Gasteiger partial charge in [0.15, 0.2) is 6.29 Å². The van der Waals surface area contributed by atoms with Crippen LogP contribution in [0.1, 0.15) is 31.2 Å². The van der Waals surface area contributed by atoms with E-state index in [0.29, 0.717) is 0 Å². The Morgan fingerprint density at radius 2 is 1.62 bits per heavy atom. The molecule has 0 aliphatic carbocycles. The van der Waals surface area contributed by atoms with Gasteiger partial charge in [-0.25, -0.2) is 0 Å². The Balaban J connectivity index is 0.000000446. The van der Waals surface area contributed by atoms with E-state index in [2.05, 4.69) is 12.2 Å². The number of aryl methyl sites for hydroxylation is 1. The summed E-state index contributed by atoms with van der Waals surface area (Å²) in [7, 11) is -0.735. The number of hydrogen-bond acceptors (Lipinski definition) is 5. The predicted molar refractivity (Wildman–Crippen MR) is 93.5 cm³/mol. The van der Waals surface area contributed by atoms with Crippen LogP contribution in [0.4, 0.5) is 0 Å². The SMILES string of the molecule is COC(CCC=CCCCO)OC.Cc1ccc(S(=O)(=O)O)cc1. The lowest BCUT2D eigenvalue weighted by Gasteiger charge is -2.10. The summed E-state index contributed by atoms with van der Waals surface area (Å²) in [5.41, 5.74) is 0.956. The minimum atomic E-state index is -4.02. The number of rotatable bonds is 9. The first kappa shape index (κ1) is 22.8. The van der Waals surface area contributed by atoms with E-state index in [9.17, 15) is 8.42 Å². The molecule has 0 saturated carbocycles. The van der Waals surface area contributed by atoms with E-state index in [0.717, 1.165) is 31.2 Å². The van der Waals surface area contributed by atoms with Gasteiger partial charge in [0, 0.05) is 27.2 Å². The fourth-order valence-electron chi connectivity index (χ4n) is 1.72. The number of unbranched alkanes of at least 4 members (excludes halogenated alkanes) is 1. The van der Waals surface area contributed by atoms with Gasteiger partial charge in [0.05, 0.1) is 4.90 Å². The van der Waals surface area contributed by atoms with Crippen molar-refractivity contribution in [3.05, 3.63) is 42.0 Å². The molecule has 0 atom stereocenters. The second-order valence-electron chi connectivity index (χ2n) is 5.10. The molecule has 0 heterocycles. The van der Waals surface area contributed by atoms with Gasteiger partial charge in [-0.2, -0.15) is 8.42 Å². The Hall–Kier alpha value is -1.25. The summed E-state index contributed by atoms with van der Waals surface area (Å²) in [5, 5.41) is 8.51. The topological polar surface area (TPSA) is 93.1 Å². The molecule has 0 aliphatic heterocycles. The van der Waals surface area contributed by atoms with Crippen LogP contribution >= 0.6 is 0 Å². The van der Waals surface area contributed by atoms with Crippen molar-refractivity contribution in [2.75, 3.05) is 20.8 Å². The van der Waals surface area contributed by atoms with E-state index in [1.807, 2.05) is 6.92 Å². The third-order valence-corrected chi connectivity index (χ3v) is 3.98. The number of allylic oxidation sites excluding steroid dienone is 2. The van der Waals surface area contributed by atoms with Crippen molar-refractivity contribution in [1.29, 1.82) is 0 Å². The maximum Gasteiger partial charge on any atom is 0.294 e. The highest BCUT2D eigenvalue weighted by molar-refractivity contribution is 7.85. The summed E-state index contributed by atoms with van der Waals surface area (Å²) < 4.78 is 39.6. The lowest BCUT2D eigenvalue weighted by molar-refractivity contribution is -0.105. The van der Waals surface area contributed by atoms with Gasteiger partial charge in [-0.15, -0.1) is 0 Å². The summed E-state index contributed by atoms with van der Waals surface area (Å²) in [4.78, 5) is -0.0666. The van der Waals surface area contributed by atoms with Crippen LogP contribution in [0.5, 0.6) is 0 Å². The number of benzene rings is 1. The minimum absolute atomic E-state index is 0.0666. The average molecular weight is 360 g/mol. The van der Waals surface area contributed by atoms with Crippen molar-refractivity contribution in [2.45, 2.75) is 43.8 Å². The van der Waals surface area contributed by atoms with Gasteiger partial charge < -0.3 is 14.6 Å². The highest BCUT2D eigenvalue weighted by Gasteiger charge is 2.06. The molecule has 1 aromatic rings. The van der Waals surface area contributed by atoms with E-state index in [1.54, 1.807) is 26.4 Å². The molecule has 7 heteroatoms. The molecule has 0 radical (unpaired) electrons. The first-order valence-electron chi connectivity index (χ1n) is 7.70. The first-order chi connectivity index (χ1) is 11.3. The number of ether oxygens (including phenoxy) is 2. The number of hydrogen-bond donors (Lipinski definition) is 2. The molecular formula is C17H28O6S. The Morgan fingerprint density at radius 3 is 2.08 bits per heavy atom. The molecular weight excluding hydrogens is 332 g/mol. The normalized spacial score (nSPS) is 11.6. The van der Waals surface area contributed by atoms with E-state index in [1.165, 1.54) is 12.1 Å². The fourth-order valence-corrected chi connectivity index (χ4v) is 2.20. The molecule has 0 amide bonds. The van der Waals surface area contributed by atoms with Crippen LogP contribution in [-0.2, 0) is 19.6 Å². The Kier molecular flexibility index (Phi) is 12.4. The third-order valence-electron chi connectivity index (χ3n) is 3.11. The first-order valence-corrected chi connectivity index (χ1v) is 9.14. The van der Waals surface area contributed by atoms with Crippen molar-refractivity contribution < 1.29 is 27.6 Å². The van der Waals surface area contributed by atoms with Crippen molar-refractivity contribution in [2.24, 2.45) is 0 Å². The molecule has 0 spiro atoms. The smallest absolute Gasteiger partial charge is 0.294 e. The van der Waals surface area contributed by atoms with E-state index in [4.69, 9.17) is 19.1 Å². The second-order valence-corrected chi connectivity index (χ2v) is 6.53. The molecule has 2 N–H and O–H groups in total. The van der Waals surface area contributed by atoms with Gasteiger partial charge in [0.1, 0.15) is 0 Å². The summed E-state index contributed by atoms with van der Waals surface area (Å²) in [6.45, 7) is 2.11. The standard InChI is InChI=1S/C10H20O3.C7H8O3S/c1-12-10(13-2)8-6-4-3-5-7-9-11;1-6-2-4-7(5-3-6)11(8,9)10/h3-4,10-11H,5-9H2,1-2H3;2-5H,1H3,(H,8,9,10). The fraction of sp³-hybridized carbons (Fsp3) is 0.529. The molecule has 0 unspecified atom stereocenters. The number of aliphatic hydroxyl groups excluding tert-OH is 1. The van der Waals surface area contributed by atoms with Crippen LogP contribution in [0.2, 0.25) is 0 Å². The van der Waals surface area contributed by atoms with E-state index in [-0.39, 0.29) is 17.8 Å². The van der Waals surface area contributed by atoms with Gasteiger partial charge in [-0.05, 0) is 38.3 Å². The Morgan fingerprint density at radius 1 is 1.08 bits per heavy atom. The van der Waals surface area contributed by atoms with Gasteiger partial charge in [0.25, 0.3) is 10.1 Å². The van der Waals surface area contributed by atoms with Gasteiger partial charge >= 0.3 is 0 Å². The van der Waals surface area contributed by atoms with Crippen molar-refractivity contribution in [3.63, 3.8) is 0 Å². The molecule has 24 heavy (non-hydrogen) atoms. The molecule has 0 aliphatic rings. The molecule has 1 aromatic carbocycles. The highest BCUT2D eigenvalue weighted by Crippen LogP contribution is 2.08. The van der Waals surface area contributed by atoms with Crippen LogP contribution in [0.25, 0.3) is 0 Å². The monoisotopic (exact) mass is 360 g/mol.